The first-order valence-corrected chi connectivity index (χ1v) is 8.03. The standard InChI is InChI=1S/C14H18N2O3S/c1-11-7-9-16(14(11)10-17)20(18,19)13-4-2-12(3-5-13)6-8-15/h2-5,11,14,17H,6-7,9-10H2,1H3. The Morgan fingerprint density at radius 3 is 2.60 bits per heavy atom. The van der Waals surface area contributed by atoms with Crippen molar-refractivity contribution in [2.24, 2.45) is 5.92 Å². The van der Waals surface area contributed by atoms with Crippen molar-refractivity contribution >= 4 is 10.0 Å². The highest BCUT2D eigenvalue weighted by Gasteiger charge is 2.38. The van der Waals surface area contributed by atoms with Crippen LogP contribution in [0.3, 0.4) is 0 Å². The number of hydrogen-bond acceptors (Lipinski definition) is 4. The Hall–Kier alpha value is -1.42. The smallest absolute Gasteiger partial charge is 0.243 e. The minimum Gasteiger partial charge on any atom is -0.395 e. The van der Waals surface area contributed by atoms with E-state index in [1.165, 1.54) is 16.4 Å². The van der Waals surface area contributed by atoms with E-state index in [2.05, 4.69) is 0 Å². The van der Waals surface area contributed by atoms with Crippen LogP contribution in [-0.4, -0.2) is 37.0 Å². The molecular formula is C14H18N2O3S. The summed E-state index contributed by atoms with van der Waals surface area (Å²) >= 11 is 0. The van der Waals surface area contributed by atoms with Crippen LogP contribution in [0.4, 0.5) is 0 Å². The predicted octanol–water partition coefficient (Wildman–Crippen LogP) is 1.14. The van der Waals surface area contributed by atoms with E-state index in [1.807, 2.05) is 13.0 Å². The average Bonchev–Trinajstić information content (AvgIpc) is 2.81. The van der Waals surface area contributed by atoms with Crippen LogP contribution >= 0.6 is 0 Å². The van der Waals surface area contributed by atoms with Crippen molar-refractivity contribution in [3.63, 3.8) is 0 Å². The monoisotopic (exact) mass is 294 g/mol. The minimum atomic E-state index is -3.57. The number of aliphatic hydroxyl groups excluding tert-OH is 1. The van der Waals surface area contributed by atoms with E-state index < -0.39 is 10.0 Å². The predicted molar refractivity (Wildman–Crippen MR) is 74.3 cm³/mol. The number of aliphatic hydroxyl groups is 1. The van der Waals surface area contributed by atoms with Gasteiger partial charge in [0, 0.05) is 6.54 Å². The second-order valence-corrected chi connectivity index (χ2v) is 7.00. The maximum absolute atomic E-state index is 12.6. The van der Waals surface area contributed by atoms with E-state index in [0.717, 1.165) is 12.0 Å². The molecule has 5 nitrogen and oxygen atoms in total. The van der Waals surface area contributed by atoms with E-state index in [1.54, 1.807) is 12.1 Å². The third-order valence-electron chi connectivity index (χ3n) is 3.83. The largest absolute Gasteiger partial charge is 0.395 e. The third kappa shape index (κ3) is 2.70. The Bertz CT molecular complexity index is 604. The third-order valence-corrected chi connectivity index (χ3v) is 5.77. The summed E-state index contributed by atoms with van der Waals surface area (Å²) in [5, 5.41) is 18.0. The molecule has 0 aromatic heterocycles. The van der Waals surface area contributed by atoms with Crippen LogP contribution in [0.25, 0.3) is 0 Å². The van der Waals surface area contributed by atoms with E-state index in [4.69, 9.17) is 5.26 Å². The molecule has 2 rings (SSSR count). The van der Waals surface area contributed by atoms with Crippen LogP contribution in [0.1, 0.15) is 18.9 Å². The number of hydrogen-bond donors (Lipinski definition) is 1. The lowest BCUT2D eigenvalue weighted by atomic mass is 10.0. The first-order valence-electron chi connectivity index (χ1n) is 6.59. The van der Waals surface area contributed by atoms with Crippen LogP contribution in [0.5, 0.6) is 0 Å². The molecule has 108 valence electrons. The van der Waals surface area contributed by atoms with Crippen molar-refractivity contribution in [3.8, 4) is 6.07 Å². The van der Waals surface area contributed by atoms with Gasteiger partial charge in [0.1, 0.15) is 0 Å². The van der Waals surface area contributed by atoms with Crippen LogP contribution in [0, 0.1) is 17.2 Å². The van der Waals surface area contributed by atoms with Crippen molar-refractivity contribution < 1.29 is 13.5 Å². The summed E-state index contributed by atoms with van der Waals surface area (Å²) in [5.41, 5.74) is 0.792. The average molecular weight is 294 g/mol. The summed E-state index contributed by atoms with van der Waals surface area (Å²) in [4.78, 5) is 0.215. The molecule has 6 heteroatoms. The van der Waals surface area contributed by atoms with Crippen LogP contribution < -0.4 is 0 Å². The van der Waals surface area contributed by atoms with Gasteiger partial charge in [-0.2, -0.15) is 9.57 Å². The van der Waals surface area contributed by atoms with Crippen molar-refractivity contribution in [2.45, 2.75) is 30.7 Å². The summed E-state index contributed by atoms with van der Waals surface area (Å²) in [6, 6.07) is 8.05. The Labute approximate surface area is 119 Å². The molecule has 1 saturated heterocycles. The van der Waals surface area contributed by atoms with Gasteiger partial charge in [0.15, 0.2) is 0 Å². The zero-order valence-electron chi connectivity index (χ0n) is 11.4. The van der Waals surface area contributed by atoms with Gasteiger partial charge in [-0.1, -0.05) is 19.1 Å². The molecule has 1 aliphatic heterocycles. The molecule has 20 heavy (non-hydrogen) atoms. The highest BCUT2D eigenvalue weighted by atomic mass is 32.2. The number of benzene rings is 1. The van der Waals surface area contributed by atoms with Gasteiger partial charge in [0.25, 0.3) is 0 Å². The van der Waals surface area contributed by atoms with Crippen molar-refractivity contribution in [1.82, 2.24) is 4.31 Å². The molecule has 0 saturated carbocycles. The molecule has 1 fully saturated rings. The molecule has 1 N–H and O–H groups in total. The van der Waals surface area contributed by atoms with E-state index in [9.17, 15) is 13.5 Å². The van der Waals surface area contributed by atoms with Gasteiger partial charge in [0.2, 0.25) is 10.0 Å². The van der Waals surface area contributed by atoms with E-state index in [0.29, 0.717) is 6.54 Å². The van der Waals surface area contributed by atoms with Crippen LogP contribution in [-0.2, 0) is 16.4 Å². The Morgan fingerprint density at radius 1 is 1.40 bits per heavy atom. The molecule has 0 radical (unpaired) electrons. The highest BCUT2D eigenvalue weighted by Crippen LogP contribution is 2.29. The van der Waals surface area contributed by atoms with Gasteiger partial charge >= 0.3 is 0 Å². The fraction of sp³-hybridized carbons (Fsp3) is 0.500. The molecule has 2 unspecified atom stereocenters. The first-order chi connectivity index (χ1) is 9.50. The van der Waals surface area contributed by atoms with Crippen molar-refractivity contribution in [3.05, 3.63) is 29.8 Å². The topological polar surface area (TPSA) is 81.4 Å². The fourth-order valence-corrected chi connectivity index (χ4v) is 4.28. The number of nitriles is 1. The van der Waals surface area contributed by atoms with Crippen molar-refractivity contribution in [1.29, 1.82) is 5.26 Å². The number of sulfonamides is 1. The molecule has 1 heterocycles. The highest BCUT2D eigenvalue weighted by molar-refractivity contribution is 7.89. The molecule has 1 aliphatic rings. The van der Waals surface area contributed by atoms with Gasteiger partial charge in [-0.25, -0.2) is 8.42 Å². The van der Waals surface area contributed by atoms with Gasteiger partial charge in [0.05, 0.1) is 30.0 Å². The fourth-order valence-electron chi connectivity index (χ4n) is 2.55. The molecule has 1 aromatic rings. The normalized spacial score (nSPS) is 23.6. The Morgan fingerprint density at radius 2 is 2.05 bits per heavy atom. The summed E-state index contributed by atoms with van der Waals surface area (Å²) < 4.78 is 26.5. The maximum atomic E-state index is 12.6. The zero-order chi connectivity index (χ0) is 14.8. The summed E-state index contributed by atoms with van der Waals surface area (Å²) in [5.74, 6) is 0.160. The van der Waals surface area contributed by atoms with E-state index >= 15 is 0 Å². The molecule has 1 aromatic carbocycles. The lowest BCUT2D eigenvalue weighted by molar-refractivity contribution is 0.191. The summed E-state index contributed by atoms with van der Waals surface area (Å²) in [6.07, 6.45) is 1.03. The number of nitrogens with zero attached hydrogens (tertiary/aromatic N) is 2. The Kier molecular flexibility index (Phi) is 4.43. The molecule has 0 bridgehead atoms. The quantitative estimate of drug-likeness (QED) is 0.903. The van der Waals surface area contributed by atoms with Gasteiger partial charge < -0.3 is 5.11 Å². The van der Waals surface area contributed by atoms with Crippen LogP contribution in [0.2, 0.25) is 0 Å². The second-order valence-electron chi connectivity index (χ2n) is 5.11. The lowest BCUT2D eigenvalue weighted by Gasteiger charge is -2.24. The zero-order valence-corrected chi connectivity index (χ0v) is 12.2. The first kappa shape index (κ1) is 15.0. The molecule has 0 spiro atoms. The molecule has 2 atom stereocenters. The van der Waals surface area contributed by atoms with E-state index in [-0.39, 0.29) is 29.9 Å². The second kappa shape index (κ2) is 5.92. The van der Waals surface area contributed by atoms with Crippen molar-refractivity contribution in [2.75, 3.05) is 13.2 Å². The molecular weight excluding hydrogens is 276 g/mol. The summed E-state index contributed by atoms with van der Waals surface area (Å²) in [6.45, 7) is 2.23. The Balaban J connectivity index is 2.28. The minimum absolute atomic E-state index is 0.160. The lowest BCUT2D eigenvalue weighted by Crippen LogP contribution is -2.39. The van der Waals surface area contributed by atoms with Gasteiger partial charge in [-0.15, -0.1) is 0 Å². The van der Waals surface area contributed by atoms with Gasteiger partial charge in [-0.05, 0) is 30.0 Å². The summed E-state index contributed by atoms with van der Waals surface area (Å²) in [7, 11) is -3.57. The number of rotatable bonds is 4. The maximum Gasteiger partial charge on any atom is 0.243 e. The van der Waals surface area contributed by atoms with Gasteiger partial charge in [-0.3, -0.25) is 0 Å². The molecule has 0 amide bonds. The van der Waals surface area contributed by atoms with Crippen LogP contribution in [0.15, 0.2) is 29.2 Å². The SMILES string of the molecule is CC1CCN(S(=O)(=O)c2ccc(CC#N)cc2)C1CO. The molecule has 0 aliphatic carbocycles.